The summed E-state index contributed by atoms with van der Waals surface area (Å²) >= 11 is 1.40. The van der Waals surface area contributed by atoms with Crippen LogP contribution in [0.3, 0.4) is 0 Å². The standard InChI is InChI=1S/C22H29NO3S/c1-6-26-21(25)17-13-18(16-10-8-7-9-11-16)27-20(17)23-19(24)12-15(2)14-22(3,4)5/h7-11,13,15H,6,12,14H2,1-5H3,(H,23,24)/t15-/m1/s1. The molecular weight excluding hydrogens is 358 g/mol. The largest absolute Gasteiger partial charge is 0.462 e. The van der Waals surface area contributed by atoms with E-state index < -0.39 is 5.97 Å². The van der Waals surface area contributed by atoms with Gasteiger partial charge in [-0.25, -0.2) is 4.79 Å². The Morgan fingerprint density at radius 1 is 1.19 bits per heavy atom. The zero-order chi connectivity index (χ0) is 20.0. The smallest absolute Gasteiger partial charge is 0.341 e. The van der Waals surface area contributed by atoms with Gasteiger partial charge in [-0.3, -0.25) is 4.79 Å². The topological polar surface area (TPSA) is 55.4 Å². The van der Waals surface area contributed by atoms with Gasteiger partial charge in [-0.15, -0.1) is 11.3 Å². The Bertz CT molecular complexity index is 775. The summed E-state index contributed by atoms with van der Waals surface area (Å²) in [6.07, 6.45) is 1.39. The molecule has 1 heterocycles. The molecule has 1 aromatic carbocycles. The molecule has 27 heavy (non-hydrogen) atoms. The van der Waals surface area contributed by atoms with Crippen molar-refractivity contribution >= 4 is 28.2 Å². The zero-order valence-electron chi connectivity index (χ0n) is 16.8. The summed E-state index contributed by atoms with van der Waals surface area (Å²) in [5.74, 6) is -0.211. The first-order chi connectivity index (χ1) is 12.7. The third-order valence-electron chi connectivity index (χ3n) is 4.03. The molecule has 0 fully saturated rings. The number of rotatable bonds is 7. The minimum Gasteiger partial charge on any atom is -0.462 e. The first-order valence-corrected chi connectivity index (χ1v) is 10.2. The minimum absolute atomic E-state index is 0.0706. The zero-order valence-corrected chi connectivity index (χ0v) is 17.6. The van der Waals surface area contributed by atoms with Crippen LogP contribution < -0.4 is 5.32 Å². The van der Waals surface area contributed by atoms with Gasteiger partial charge in [0.2, 0.25) is 5.91 Å². The second-order valence-electron chi connectivity index (χ2n) is 8.06. The van der Waals surface area contributed by atoms with E-state index in [9.17, 15) is 9.59 Å². The van der Waals surface area contributed by atoms with E-state index in [4.69, 9.17) is 4.74 Å². The van der Waals surface area contributed by atoms with Crippen LogP contribution in [0.1, 0.15) is 57.8 Å². The number of amides is 1. The second-order valence-corrected chi connectivity index (χ2v) is 9.11. The first-order valence-electron chi connectivity index (χ1n) is 9.36. The Labute approximate surface area is 165 Å². The van der Waals surface area contributed by atoms with Crippen LogP contribution >= 0.6 is 11.3 Å². The van der Waals surface area contributed by atoms with Gasteiger partial charge in [0.1, 0.15) is 5.00 Å². The van der Waals surface area contributed by atoms with Crippen molar-refractivity contribution in [2.45, 2.75) is 47.5 Å². The van der Waals surface area contributed by atoms with E-state index in [0.717, 1.165) is 16.9 Å². The van der Waals surface area contributed by atoms with Crippen LogP contribution in [0.4, 0.5) is 5.00 Å². The van der Waals surface area contributed by atoms with E-state index in [2.05, 4.69) is 33.0 Å². The van der Waals surface area contributed by atoms with E-state index in [1.54, 1.807) is 13.0 Å². The molecule has 0 unspecified atom stereocenters. The molecule has 1 atom stereocenters. The van der Waals surface area contributed by atoms with Crippen molar-refractivity contribution in [3.8, 4) is 10.4 Å². The molecule has 0 saturated carbocycles. The van der Waals surface area contributed by atoms with Crippen molar-refractivity contribution in [2.24, 2.45) is 11.3 Å². The lowest BCUT2D eigenvalue weighted by Gasteiger charge is -2.22. The Morgan fingerprint density at radius 2 is 1.85 bits per heavy atom. The molecule has 146 valence electrons. The van der Waals surface area contributed by atoms with Gasteiger partial charge in [-0.05, 0) is 36.3 Å². The maximum absolute atomic E-state index is 12.5. The summed E-state index contributed by atoms with van der Waals surface area (Å²) in [5.41, 5.74) is 1.60. The van der Waals surface area contributed by atoms with Gasteiger partial charge in [-0.1, -0.05) is 58.0 Å². The molecule has 0 aliphatic heterocycles. The second kappa shape index (κ2) is 9.18. The minimum atomic E-state index is -0.408. The van der Waals surface area contributed by atoms with Gasteiger partial charge in [0, 0.05) is 11.3 Å². The number of hydrogen-bond acceptors (Lipinski definition) is 4. The van der Waals surface area contributed by atoms with E-state index in [1.807, 2.05) is 30.3 Å². The number of benzene rings is 1. The fourth-order valence-electron chi connectivity index (χ4n) is 3.20. The first kappa shape index (κ1) is 21.2. The van der Waals surface area contributed by atoms with Crippen LogP contribution in [0.2, 0.25) is 0 Å². The molecule has 4 nitrogen and oxygen atoms in total. The number of carbonyl (C=O) groups excluding carboxylic acids is 2. The predicted octanol–water partition coefficient (Wildman–Crippen LogP) is 5.99. The molecular formula is C22H29NO3S. The van der Waals surface area contributed by atoms with Crippen molar-refractivity contribution in [3.05, 3.63) is 42.0 Å². The van der Waals surface area contributed by atoms with Crippen LogP contribution in [0, 0.1) is 11.3 Å². The number of nitrogens with one attached hydrogen (secondary N) is 1. The van der Waals surface area contributed by atoms with Gasteiger partial charge in [0.15, 0.2) is 0 Å². The lowest BCUT2D eigenvalue weighted by atomic mass is 9.84. The predicted molar refractivity (Wildman–Crippen MR) is 112 cm³/mol. The molecule has 1 amide bonds. The van der Waals surface area contributed by atoms with Gasteiger partial charge in [0.05, 0.1) is 12.2 Å². The molecule has 2 rings (SSSR count). The molecule has 0 bridgehead atoms. The van der Waals surface area contributed by atoms with Gasteiger partial charge >= 0.3 is 5.97 Å². The molecule has 5 heteroatoms. The Hall–Kier alpha value is -2.14. The highest BCUT2D eigenvalue weighted by Gasteiger charge is 2.22. The van der Waals surface area contributed by atoms with Crippen molar-refractivity contribution in [1.82, 2.24) is 0 Å². The molecule has 1 aromatic heterocycles. The lowest BCUT2D eigenvalue weighted by molar-refractivity contribution is -0.117. The molecule has 1 N–H and O–H groups in total. The van der Waals surface area contributed by atoms with Crippen molar-refractivity contribution in [2.75, 3.05) is 11.9 Å². The van der Waals surface area contributed by atoms with E-state index in [0.29, 0.717) is 23.6 Å². The fourth-order valence-corrected chi connectivity index (χ4v) is 4.27. The molecule has 0 aliphatic rings. The van der Waals surface area contributed by atoms with Gasteiger partial charge < -0.3 is 10.1 Å². The molecule has 0 radical (unpaired) electrons. The average Bonchev–Trinajstić information content (AvgIpc) is 2.97. The Balaban J connectivity index is 2.20. The van der Waals surface area contributed by atoms with E-state index in [1.165, 1.54) is 11.3 Å². The molecule has 0 saturated heterocycles. The summed E-state index contributed by atoms with van der Waals surface area (Å²) < 4.78 is 5.16. The Morgan fingerprint density at radius 3 is 2.44 bits per heavy atom. The van der Waals surface area contributed by atoms with Crippen LogP contribution in [-0.2, 0) is 9.53 Å². The maximum atomic E-state index is 12.5. The van der Waals surface area contributed by atoms with Gasteiger partial charge in [-0.2, -0.15) is 0 Å². The summed E-state index contributed by atoms with van der Waals surface area (Å²) in [7, 11) is 0. The third-order valence-corrected chi connectivity index (χ3v) is 5.13. The number of hydrogen-bond donors (Lipinski definition) is 1. The summed E-state index contributed by atoms with van der Waals surface area (Å²) in [5, 5.41) is 3.49. The highest BCUT2D eigenvalue weighted by Crippen LogP contribution is 2.36. The van der Waals surface area contributed by atoms with Gasteiger partial charge in [0.25, 0.3) is 0 Å². The fraction of sp³-hybridized carbons (Fsp3) is 0.455. The van der Waals surface area contributed by atoms with Crippen LogP contribution in [0.15, 0.2) is 36.4 Å². The maximum Gasteiger partial charge on any atom is 0.341 e. The number of ether oxygens (including phenoxy) is 1. The van der Waals surface area contributed by atoms with Crippen molar-refractivity contribution in [3.63, 3.8) is 0 Å². The van der Waals surface area contributed by atoms with Crippen LogP contribution in [0.5, 0.6) is 0 Å². The van der Waals surface area contributed by atoms with Crippen molar-refractivity contribution < 1.29 is 14.3 Å². The van der Waals surface area contributed by atoms with E-state index >= 15 is 0 Å². The molecule has 0 aliphatic carbocycles. The lowest BCUT2D eigenvalue weighted by Crippen LogP contribution is -2.19. The summed E-state index contributed by atoms with van der Waals surface area (Å²) in [6.45, 7) is 10.7. The number of anilines is 1. The average molecular weight is 388 g/mol. The molecule has 2 aromatic rings. The number of carbonyl (C=O) groups is 2. The summed E-state index contributed by atoms with van der Waals surface area (Å²) in [4.78, 5) is 25.8. The normalized spacial score (nSPS) is 12.5. The quantitative estimate of drug-likeness (QED) is 0.593. The highest BCUT2D eigenvalue weighted by molar-refractivity contribution is 7.20. The Kier molecular flexibility index (Phi) is 7.19. The van der Waals surface area contributed by atoms with Crippen molar-refractivity contribution in [1.29, 1.82) is 0 Å². The van der Waals surface area contributed by atoms with Crippen LogP contribution in [0.25, 0.3) is 10.4 Å². The number of esters is 1. The third kappa shape index (κ3) is 6.51. The highest BCUT2D eigenvalue weighted by atomic mass is 32.1. The van der Waals surface area contributed by atoms with E-state index in [-0.39, 0.29) is 17.2 Å². The molecule has 0 spiro atoms. The summed E-state index contributed by atoms with van der Waals surface area (Å²) in [6, 6.07) is 11.6. The van der Waals surface area contributed by atoms with Crippen LogP contribution in [-0.4, -0.2) is 18.5 Å². The number of thiophene rings is 1. The monoisotopic (exact) mass is 387 g/mol. The SMILES string of the molecule is CCOC(=O)c1cc(-c2ccccc2)sc1NC(=O)C[C@@H](C)CC(C)(C)C.